The molecule has 1 aromatic carbocycles. The number of hydrogen-bond acceptors (Lipinski definition) is 1. The van der Waals surface area contributed by atoms with Gasteiger partial charge in [0.15, 0.2) is 0 Å². The summed E-state index contributed by atoms with van der Waals surface area (Å²) in [6.45, 7) is 13.3. The highest BCUT2D eigenvalue weighted by molar-refractivity contribution is 5.80. The van der Waals surface area contributed by atoms with Gasteiger partial charge in [0.2, 0.25) is 0 Å². The van der Waals surface area contributed by atoms with E-state index in [1.165, 1.54) is 40.6 Å². The van der Waals surface area contributed by atoms with Gasteiger partial charge in [-0.05, 0) is 74.9 Å². The molecular weight excluding hydrogens is 385 g/mol. The maximum atomic E-state index is 13.1. The van der Waals surface area contributed by atoms with Crippen LogP contribution in [0.2, 0.25) is 0 Å². The van der Waals surface area contributed by atoms with Gasteiger partial charge in [0.05, 0.1) is 23.2 Å². The minimum atomic E-state index is -4.42. The zero-order valence-corrected chi connectivity index (χ0v) is 18.4. The summed E-state index contributed by atoms with van der Waals surface area (Å²) >= 11 is 0. The predicted molar refractivity (Wildman–Crippen MR) is 117 cm³/mol. The van der Waals surface area contributed by atoms with Crippen LogP contribution in [-0.2, 0) is 12.6 Å². The standard InChI is InChI=1S/C25H29F3N2/c1-15-16(2)18(4)23(17(15)3)24(5,6)13-19-11-12-20(30-19)14-29-22-10-8-7-9-21(22)25(26,27)28/h7-12,14,23,30H,13H2,1-6H3. The molecule has 30 heavy (non-hydrogen) atoms. The van der Waals surface area contributed by atoms with Gasteiger partial charge in [-0.15, -0.1) is 0 Å². The summed E-state index contributed by atoms with van der Waals surface area (Å²) in [6.07, 6.45) is -2.13. The summed E-state index contributed by atoms with van der Waals surface area (Å²) in [5.41, 5.74) is 6.55. The number of rotatable bonds is 5. The lowest BCUT2D eigenvalue weighted by Gasteiger charge is -2.34. The van der Waals surface area contributed by atoms with Crippen molar-refractivity contribution < 1.29 is 13.2 Å². The number of alkyl halides is 3. The first-order valence-electron chi connectivity index (χ1n) is 10.1. The van der Waals surface area contributed by atoms with Crippen LogP contribution in [0.25, 0.3) is 0 Å². The Morgan fingerprint density at radius 1 is 0.933 bits per heavy atom. The van der Waals surface area contributed by atoms with Crippen LogP contribution in [0.4, 0.5) is 18.9 Å². The van der Waals surface area contributed by atoms with Crippen LogP contribution in [-0.4, -0.2) is 11.2 Å². The largest absolute Gasteiger partial charge is 0.418 e. The Morgan fingerprint density at radius 3 is 2.13 bits per heavy atom. The van der Waals surface area contributed by atoms with Crippen LogP contribution in [0.1, 0.15) is 58.5 Å². The van der Waals surface area contributed by atoms with Crippen molar-refractivity contribution in [2.75, 3.05) is 0 Å². The molecule has 2 nitrogen and oxygen atoms in total. The van der Waals surface area contributed by atoms with E-state index in [1.807, 2.05) is 12.1 Å². The van der Waals surface area contributed by atoms with E-state index >= 15 is 0 Å². The van der Waals surface area contributed by atoms with E-state index in [1.54, 1.807) is 6.07 Å². The molecule has 0 amide bonds. The van der Waals surface area contributed by atoms with E-state index in [0.29, 0.717) is 11.6 Å². The number of halogens is 3. The highest BCUT2D eigenvalue weighted by Gasteiger charge is 2.37. The van der Waals surface area contributed by atoms with Gasteiger partial charge in [0, 0.05) is 11.6 Å². The Hall–Kier alpha value is -2.56. The lowest BCUT2D eigenvalue weighted by atomic mass is 9.70. The van der Waals surface area contributed by atoms with Crippen LogP contribution in [0.5, 0.6) is 0 Å². The van der Waals surface area contributed by atoms with Crippen molar-refractivity contribution in [3.05, 3.63) is 75.6 Å². The molecule has 1 heterocycles. The zero-order chi connectivity index (χ0) is 22.3. The van der Waals surface area contributed by atoms with Crippen LogP contribution in [0.3, 0.4) is 0 Å². The molecule has 0 spiro atoms. The fourth-order valence-electron chi connectivity index (χ4n) is 4.72. The van der Waals surface area contributed by atoms with Gasteiger partial charge < -0.3 is 4.98 Å². The van der Waals surface area contributed by atoms with E-state index in [2.05, 4.69) is 51.5 Å². The molecule has 1 aliphatic rings. The second-order valence-corrected chi connectivity index (χ2v) is 8.93. The molecule has 160 valence electrons. The molecular formula is C25H29F3N2. The van der Waals surface area contributed by atoms with Crippen LogP contribution >= 0.6 is 0 Å². The fourth-order valence-corrected chi connectivity index (χ4v) is 4.72. The topological polar surface area (TPSA) is 28.1 Å². The second kappa shape index (κ2) is 7.93. The van der Waals surface area contributed by atoms with Crippen molar-refractivity contribution >= 4 is 11.9 Å². The first-order chi connectivity index (χ1) is 13.9. The van der Waals surface area contributed by atoms with E-state index in [-0.39, 0.29) is 11.1 Å². The molecule has 3 rings (SSSR count). The quantitative estimate of drug-likeness (QED) is 0.487. The summed E-state index contributed by atoms with van der Waals surface area (Å²) in [7, 11) is 0. The van der Waals surface area contributed by atoms with Gasteiger partial charge in [-0.2, -0.15) is 13.2 Å². The van der Waals surface area contributed by atoms with Gasteiger partial charge in [-0.25, -0.2) is 0 Å². The van der Waals surface area contributed by atoms with Crippen molar-refractivity contribution in [1.29, 1.82) is 0 Å². The van der Waals surface area contributed by atoms with Crippen molar-refractivity contribution in [1.82, 2.24) is 4.98 Å². The molecule has 0 saturated heterocycles. The minimum absolute atomic E-state index is 0.00926. The molecule has 0 fully saturated rings. The highest BCUT2D eigenvalue weighted by Crippen LogP contribution is 2.47. The van der Waals surface area contributed by atoms with E-state index in [4.69, 9.17) is 0 Å². The predicted octanol–water partition coefficient (Wildman–Crippen LogP) is 7.66. The van der Waals surface area contributed by atoms with Crippen LogP contribution in [0, 0.1) is 11.3 Å². The number of para-hydroxylation sites is 1. The monoisotopic (exact) mass is 414 g/mol. The van der Waals surface area contributed by atoms with Crippen molar-refractivity contribution in [3.8, 4) is 0 Å². The normalized spacial score (nSPS) is 16.4. The number of aliphatic imine (C=N–C) groups is 1. The van der Waals surface area contributed by atoms with Gasteiger partial charge in [0.25, 0.3) is 0 Å². The average Bonchev–Trinajstić information content (AvgIpc) is 3.17. The number of aromatic amines is 1. The molecule has 2 aromatic rings. The van der Waals surface area contributed by atoms with Crippen molar-refractivity contribution in [3.63, 3.8) is 0 Å². The number of H-pyrrole nitrogens is 1. The molecule has 0 radical (unpaired) electrons. The Morgan fingerprint density at radius 2 is 1.53 bits per heavy atom. The van der Waals surface area contributed by atoms with Gasteiger partial charge in [-0.3, -0.25) is 4.99 Å². The van der Waals surface area contributed by atoms with Gasteiger partial charge in [-0.1, -0.05) is 37.1 Å². The number of benzene rings is 1. The number of nitrogens with one attached hydrogen (secondary N) is 1. The van der Waals surface area contributed by atoms with Crippen molar-refractivity contribution in [2.45, 2.75) is 54.1 Å². The lowest BCUT2D eigenvalue weighted by Crippen LogP contribution is -2.27. The molecule has 1 aliphatic carbocycles. The minimum Gasteiger partial charge on any atom is -0.358 e. The summed E-state index contributed by atoms with van der Waals surface area (Å²) in [5.74, 6) is 0.386. The molecule has 0 unspecified atom stereocenters. The summed E-state index contributed by atoms with van der Waals surface area (Å²) in [6, 6.07) is 9.21. The molecule has 0 aliphatic heterocycles. The van der Waals surface area contributed by atoms with Gasteiger partial charge in [0.1, 0.15) is 0 Å². The third kappa shape index (κ3) is 4.30. The smallest absolute Gasteiger partial charge is 0.358 e. The molecule has 1 aromatic heterocycles. The number of allylic oxidation sites excluding steroid dienone is 4. The SMILES string of the molecule is CC1=C(C)C(C(C)(C)Cc2ccc(C=Nc3ccccc3C(F)(F)F)[nH]2)C(C)=C1C. The number of nitrogens with zero attached hydrogens (tertiary/aromatic N) is 1. The molecule has 0 atom stereocenters. The lowest BCUT2D eigenvalue weighted by molar-refractivity contribution is -0.137. The Bertz CT molecular complexity index is 1010. The Balaban J connectivity index is 1.79. The second-order valence-electron chi connectivity index (χ2n) is 8.93. The zero-order valence-electron chi connectivity index (χ0n) is 18.4. The molecule has 0 saturated carbocycles. The fraction of sp³-hybridized carbons (Fsp3) is 0.400. The molecule has 5 heteroatoms. The third-order valence-corrected chi connectivity index (χ3v) is 6.36. The summed E-state index contributed by atoms with van der Waals surface area (Å²) < 4.78 is 39.4. The molecule has 1 N–H and O–H groups in total. The Labute approximate surface area is 176 Å². The maximum Gasteiger partial charge on any atom is 0.418 e. The van der Waals surface area contributed by atoms with Crippen LogP contribution in [0.15, 0.2) is 63.7 Å². The summed E-state index contributed by atoms with van der Waals surface area (Å²) in [5, 5.41) is 0. The average molecular weight is 415 g/mol. The molecule has 0 bridgehead atoms. The van der Waals surface area contributed by atoms with E-state index in [9.17, 15) is 13.2 Å². The Kier molecular flexibility index (Phi) is 5.85. The van der Waals surface area contributed by atoms with E-state index < -0.39 is 11.7 Å². The first-order valence-corrected chi connectivity index (χ1v) is 10.1. The van der Waals surface area contributed by atoms with E-state index in [0.717, 1.165) is 18.2 Å². The number of aromatic nitrogens is 1. The maximum absolute atomic E-state index is 13.1. The summed E-state index contributed by atoms with van der Waals surface area (Å²) in [4.78, 5) is 7.39. The number of hydrogen-bond donors (Lipinski definition) is 1. The highest BCUT2D eigenvalue weighted by atomic mass is 19.4. The van der Waals surface area contributed by atoms with Crippen LogP contribution < -0.4 is 0 Å². The van der Waals surface area contributed by atoms with Gasteiger partial charge >= 0.3 is 6.18 Å². The third-order valence-electron chi connectivity index (χ3n) is 6.36. The van der Waals surface area contributed by atoms with Crippen molar-refractivity contribution in [2.24, 2.45) is 16.3 Å². The first kappa shape index (κ1) is 22.1.